The molecule has 0 aliphatic carbocycles. The molecule has 0 radical (unpaired) electrons. The zero-order valence-electron chi connectivity index (χ0n) is 19.4. The SMILES string of the molecule is O=C(C1CCN(c2ccc(-c3cccs3)nn2)CC1)N1CCN(C/C=C/c2ccccc2)CC1. The molecule has 0 saturated carbocycles. The zero-order chi connectivity index (χ0) is 23.2. The van der Waals surface area contributed by atoms with Crippen molar-refractivity contribution in [1.82, 2.24) is 20.0 Å². The van der Waals surface area contributed by atoms with Crippen LogP contribution < -0.4 is 4.90 Å². The van der Waals surface area contributed by atoms with Crippen LogP contribution in [0.1, 0.15) is 18.4 Å². The van der Waals surface area contributed by atoms with E-state index in [0.717, 1.165) is 75.0 Å². The molecule has 5 rings (SSSR count). The molecule has 1 aromatic carbocycles. The third kappa shape index (κ3) is 5.54. The predicted molar refractivity (Wildman–Crippen MR) is 139 cm³/mol. The number of hydrogen-bond donors (Lipinski definition) is 0. The molecule has 176 valence electrons. The standard InChI is InChI=1S/C27H31N5OS/c33-27(32-19-17-30(18-20-32)14-4-8-22-6-2-1-3-7-22)23-12-15-31(16-13-23)26-11-10-24(28-29-26)25-9-5-21-34-25/h1-11,21,23H,12-20H2/b8-4+. The molecule has 6 nitrogen and oxygen atoms in total. The van der Waals surface area contributed by atoms with Crippen LogP contribution in [0, 0.1) is 5.92 Å². The Bertz CT molecular complexity index is 1070. The van der Waals surface area contributed by atoms with E-state index in [9.17, 15) is 4.79 Å². The van der Waals surface area contributed by atoms with E-state index in [4.69, 9.17) is 0 Å². The Morgan fingerprint density at radius 3 is 2.38 bits per heavy atom. The van der Waals surface area contributed by atoms with Gasteiger partial charge in [-0.1, -0.05) is 48.6 Å². The van der Waals surface area contributed by atoms with Crippen molar-refractivity contribution in [3.05, 3.63) is 71.6 Å². The van der Waals surface area contributed by atoms with E-state index in [1.54, 1.807) is 11.3 Å². The van der Waals surface area contributed by atoms with Gasteiger partial charge in [-0.25, -0.2) is 0 Å². The minimum absolute atomic E-state index is 0.124. The van der Waals surface area contributed by atoms with E-state index >= 15 is 0 Å². The molecule has 2 aromatic heterocycles. The minimum Gasteiger partial charge on any atom is -0.355 e. The number of piperazine rings is 1. The summed E-state index contributed by atoms with van der Waals surface area (Å²) in [7, 11) is 0. The van der Waals surface area contributed by atoms with Crippen LogP contribution in [0.5, 0.6) is 0 Å². The number of carbonyl (C=O) groups is 1. The second-order valence-corrected chi connectivity index (χ2v) is 9.90. The van der Waals surface area contributed by atoms with E-state index in [1.165, 1.54) is 5.56 Å². The summed E-state index contributed by atoms with van der Waals surface area (Å²) in [6.07, 6.45) is 6.16. The normalized spacial score (nSPS) is 18.0. The number of aromatic nitrogens is 2. The van der Waals surface area contributed by atoms with Crippen molar-refractivity contribution < 1.29 is 4.79 Å². The predicted octanol–water partition coefficient (Wildman–Crippen LogP) is 4.28. The summed E-state index contributed by atoms with van der Waals surface area (Å²) < 4.78 is 0. The Morgan fingerprint density at radius 2 is 1.71 bits per heavy atom. The van der Waals surface area contributed by atoms with Crippen molar-refractivity contribution >= 4 is 29.1 Å². The molecular formula is C27H31N5OS. The largest absolute Gasteiger partial charge is 0.355 e. The van der Waals surface area contributed by atoms with Crippen LogP contribution in [0.3, 0.4) is 0 Å². The topological polar surface area (TPSA) is 52.6 Å². The number of nitrogens with zero attached hydrogens (tertiary/aromatic N) is 5. The van der Waals surface area contributed by atoms with Crippen molar-refractivity contribution in [3.63, 3.8) is 0 Å². The summed E-state index contributed by atoms with van der Waals surface area (Å²) >= 11 is 1.67. The van der Waals surface area contributed by atoms with Crippen molar-refractivity contribution in [2.75, 3.05) is 50.7 Å². The fourth-order valence-corrected chi connectivity index (χ4v) is 5.41. The summed E-state index contributed by atoms with van der Waals surface area (Å²) in [5, 5.41) is 10.9. The summed E-state index contributed by atoms with van der Waals surface area (Å²) in [4.78, 5) is 21.0. The molecule has 0 bridgehead atoms. The van der Waals surface area contributed by atoms with Crippen molar-refractivity contribution in [3.8, 4) is 10.6 Å². The average Bonchev–Trinajstić information content (AvgIpc) is 3.45. The Balaban J connectivity index is 1.06. The van der Waals surface area contributed by atoms with Gasteiger partial charge in [-0.05, 0) is 42.0 Å². The van der Waals surface area contributed by atoms with Gasteiger partial charge < -0.3 is 9.80 Å². The molecule has 1 amide bonds. The first kappa shape index (κ1) is 22.7. The molecule has 3 aromatic rings. The van der Waals surface area contributed by atoms with Gasteiger partial charge >= 0.3 is 0 Å². The fraction of sp³-hybridized carbons (Fsp3) is 0.370. The van der Waals surface area contributed by atoms with Crippen molar-refractivity contribution in [1.29, 1.82) is 0 Å². The van der Waals surface area contributed by atoms with Gasteiger partial charge in [0.1, 0.15) is 5.69 Å². The highest BCUT2D eigenvalue weighted by Crippen LogP contribution is 2.26. The van der Waals surface area contributed by atoms with E-state index in [2.05, 4.69) is 78.8 Å². The van der Waals surface area contributed by atoms with E-state index in [0.29, 0.717) is 5.91 Å². The van der Waals surface area contributed by atoms with Gasteiger partial charge in [-0.2, -0.15) is 0 Å². The monoisotopic (exact) mass is 473 g/mol. The van der Waals surface area contributed by atoms with Gasteiger partial charge in [0.25, 0.3) is 0 Å². The molecule has 0 unspecified atom stereocenters. The number of anilines is 1. The lowest BCUT2D eigenvalue weighted by Gasteiger charge is -2.38. The van der Waals surface area contributed by atoms with Crippen LogP contribution in [-0.4, -0.2) is 71.7 Å². The van der Waals surface area contributed by atoms with Crippen LogP contribution >= 0.6 is 11.3 Å². The summed E-state index contributed by atoms with van der Waals surface area (Å²) in [5.41, 5.74) is 2.14. The Morgan fingerprint density at radius 1 is 0.912 bits per heavy atom. The van der Waals surface area contributed by atoms with Crippen LogP contribution in [0.25, 0.3) is 16.6 Å². The molecule has 2 fully saturated rings. The maximum absolute atomic E-state index is 13.1. The maximum atomic E-state index is 13.1. The van der Waals surface area contributed by atoms with Gasteiger partial charge in [-0.15, -0.1) is 21.5 Å². The Hall–Kier alpha value is -3.03. The highest BCUT2D eigenvalue weighted by Gasteiger charge is 2.30. The zero-order valence-corrected chi connectivity index (χ0v) is 20.2. The van der Waals surface area contributed by atoms with Crippen molar-refractivity contribution in [2.45, 2.75) is 12.8 Å². The lowest BCUT2D eigenvalue weighted by Crippen LogP contribution is -2.51. The molecule has 4 heterocycles. The van der Waals surface area contributed by atoms with Gasteiger partial charge in [0.2, 0.25) is 5.91 Å². The molecule has 7 heteroatoms. The molecule has 0 N–H and O–H groups in total. The van der Waals surface area contributed by atoms with Crippen molar-refractivity contribution in [2.24, 2.45) is 5.92 Å². The second kappa shape index (κ2) is 10.9. The molecule has 34 heavy (non-hydrogen) atoms. The lowest BCUT2D eigenvalue weighted by molar-refractivity contribution is -0.137. The molecule has 2 aliphatic rings. The molecule has 0 spiro atoms. The van der Waals surface area contributed by atoms with E-state index in [1.807, 2.05) is 18.2 Å². The van der Waals surface area contributed by atoms with Crippen LogP contribution in [-0.2, 0) is 4.79 Å². The molecule has 2 aliphatic heterocycles. The van der Waals surface area contributed by atoms with Gasteiger partial charge in [-0.3, -0.25) is 9.69 Å². The summed E-state index contributed by atoms with van der Waals surface area (Å²) in [6.45, 7) is 6.18. The quantitative estimate of drug-likeness (QED) is 0.535. The minimum atomic E-state index is 0.124. The Kier molecular flexibility index (Phi) is 7.31. The molecule has 0 atom stereocenters. The second-order valence-electron chi connectivity index (χ2n) is 8.95. The molecule has 2 saturated heterocycles. The number of rotatable bonds is 6. The number of hydrogen-bond acceptors (Lipinski definition) is 6. The highest BCUT2D eigenvalue weighted by molar-refractivity contribution is 7.13. The number of benzene rings is 1. The summed E-state index contributed by atoms with van der Waals surface area (Å²) in [5.74, 6) is 1.36. The Labute approximate surface area is 205 Å². The molecular weight excluding hydrogens is 442 g/mol. The van der Waals surface area contributed by atoms with Crippen LogP contribution in [0.15, 0.2) is 66.1 Å². The number of amides is 1. The first-order valence-corrected chi connectivity index (χ1v) is 13.0. The third-order valence-corrected chi connectivity index (χ3v) is 7.64. The number of thiophene rings is 1. The first-order chi connectivity index (χ1) is 16.8. The highest BCUT2D eigenvalue weighted by atomic mass is 32.1. The number of piperidine rings is 1. The smallest absolute Gasteiger partial charge is 0.225 e. The lowest BCUT2D eigenvalue weighted by atomic mass is 9.95. The van der Waals surface area contributed by atoms with Gasteiger partial charge in [0.15, 0.2) is 5.82 Å². The van der Waals surface area contributed by atoms with Crippen LogP contribution in [0.4, 0.5) is 5.82 Å². The van der Waals surface area contributed by atoms with Crippen LogP contribution in [0.2, 0.25) is 0 Å². The van der Waals surface area contributed by atoms with E-state index < -0.39 is 0 Å². The van der Waals surface area contributed by atoms with E-state index in [-0.39, 0.29) is 5.92 Å². The average molecular weight is 474 g/mol. The number of carbonyl (C=O) groups excluding carboxylic acids is 1. The van der Waals surface area contributed by atoms with Gasteiger partial charge in [0, 0.05) is 51.7 Å². The van der Waals surface area contributed by atoms with Gasteiger partial charge in [0.05, 0.1) is 4.88 Å². The third-order valence-electron chi connectivity index (χ3n) is 6.75. The first-order valence-electron chi connectivity index (χ1n) is 12.1. The fourth-order valence-electron chi connectivity index (χ4n) is 4.72. The summed E-state index contributed by atoms with van der Waals surface area (Å²) in [6, 6.07) is 18.6. The maximum Gasteiger partial charge on any atom is 0.225 e.